The van der Waals surface area contributed by atoms with Gasteiger partial charge in [-0.2, -0.15) is 0 Å². The van der Waals surface area contributed by atoms with Crippen molar-refractivity contribution in [3.8, 4) is 5.75 Å². The highest BCUT2D eigenvalue weighted by molar-refractivity contribution is 7.92. The maximum absolute atomic E-state index is 12.8. The van der Waals surface area contributed by atoms with Gasteiger partial charge in [-0.05, 0) is 75.2 Å². The Morgan fingerprint density at radius 2 is 1.60 bits per heavy atom. The molecule has 3 rings (SSSR count). The topological polar surface area (TPSA) is 67.8 Å². The van der Waals surface area contributed by atoms with Crippen molar-refractivity contribution >= 4 is 27.6 Å². The van der Waals surface area contributed by atoms with Crippen LogP contribution in [-0.4, -0.2) is 21.2 Å². The minimum absolute atomic E-state index is 0.190. The molecule has 3 aromatic rings. The summed E-state index contributed by atoms with van der Waals surface area (Å²) in [5.74, 6) is 0.760. The van der Waals surface area contributed by atoms with E-state index in [1.807, 2.05) is 64.1 Å². The first-order valence-electron chi connectivity index (χ1n) is 9.77. The van der Waals surface area contributed by atoms with Gasteiger partial charge in [-0.15, -0.1) is 0 Å². The maximum atomic E-state index is 12.8. The van der Waals surface area contributed by atoms with Crippen LogP contribution in [0.4, 0.5) is 11.4 Å². The smallest absolute Gasteiger partial charge is 0.261 e. The Hall–Kier alpha value is -3.12. The molecule has 0 radical (unpaired) electrons. The Morgan fingerprint density at radius 3 is 2.23 bits per heavy atom. The third-order valence-corrected chi connectivity index (χ3v) is 6.00. The van der Waals surface area contributed by atoms with Gasteiger partial charge < -0.3 is 4.74 Å². The molecule has 0 aliphatic rings. The Balaban J connectivity index is 1.80. The number of aliphatic imine (C=N–C) groups is 1. The van der Waals surface area contributed by atoms with Crippen molar-refractivity contribution in [3.05, 3.63) is 82.9 Å². The molecule has 156 valence electrons. The largest absolute Gasteiger partial charge is 0.493 e. The lowest BCUT2D eigenvalue weighted by Gasteiger charge is -2.14. The van der Waals surface area contributed by atoms with Crippen molar-refractivity contribution in [2.45, 2.75) is 32.6 Å². The fourth-order valence-corrected chi connectivity index (χ4v) is 4.47. The van der Waals surface area contributed by atoms with Gasteiger partial charge in [0.2, 0.25) is 0 Å². The summed E-state index contributed by atoms with van der Waals surface area (Å²) in [6, 6.07) is 18.0. The van der Waals surface area contributed by atoms with Gasteiger partial charge in [-0.25, -0.2) is 8.42 Å². The summed E-state index contributed by atoms with van der Waals surface area (Å²) in [6.45, 7) is 8.29. The van der Waals surface area contributed by atoms with Gasteiger partial charge in [0.1, 0.15) is 5.75 Å². The van der Waals surface area contributed by atoms with E-state index in [1.165, 1.54) is 0 Å². The van der Waals surface area contributed by atoms with E-state index in [2.05, 4.69) is 9.71 Å². The van der Waals surface area contributed by atoms with Crippen LogP contribution in [0.5, 0.6) is 5.75 Å². The van der Waals surface area contributed by atoms with Crippen LogP contribution in [-0.2, 0) is 10.0 Å². The molecular formula is C24H26N2O3S. The van der Waals surface area contributed by atoms with Crippen molar-refractivity contribution in [2.75, 3.05) is 11.3 Å². The first-order chi connectivity index (χ1) is 14.3. The normalized spacial score (nSPS) is 11.6. The van der Waals surface area contributed by atoms with E-state index < -0.39 is 10.0 Å². The fourth-order valence-electron chi connectivity index (χ4n) is 3.26. The van der Waals surface area contributed by atoms with Gasteiger partial charge in [-0.1, -0.05) is 29.8 Å². The predicted octanol–water partition coefficient (Wildman–Crippen LogP) is 5.56. The average molecular weight is 423 g/mol. The number of benzene rings is 3. The molecule has 0 aliphatic heterocycles. The Bertz CT molecular complexity index is 1140. The summed E-state index contributed by atoms with van der Waals surface area (Å²) in [6.07, 6.45) is 1.71. The molecule has 0 bridgehead atoms. The number of ether oxygens (including phenoxy) is 1. The van der Waals surface area contributed by atoms with Crippen LogP contribution in [0.3, 0.4) is 0 Å². The van der Waals surface area contributed by atoms with Gasteiger partial charge in [0.05, 0.1) is 22.9 Å². The zero-order valence-corrected chi connectivity index (χ0v) is 18.5. The van der Waals surface area contributed by atoms with E-state index in [0.717, 1.165) is 28.0 Å². The second-order valence-corrected chi connectivity index (χ2v) is 8.78. The second-order valence-electron chi connectivity index (χ2n) is 7.10. The molecule has 0 unspecified atom stereocenters. The van der Waals surface area contributed by atoms with Crippen LogP contribution in [0.1, 0.15) is 29.2 Å². The van der Waals surface area contributed by atoms with Crippen molar-refractivity contribution in [3.63, 3.8) is 0 Å². The molecular weight excluding hydrogens is 396 g/mol. The molecule has 6 heteroatoms. The highest BCUT2D eigenvalue weighted by atomic mass is 32.2. The minimum atomic E-state index is -3.69. The molecule has 0 heterocycles. The van der Waals surface area contributed by atoms with Gasteiger partial charge in [0.25, 0.3) is 10.0 Å². The van der Waals surface area contributed by atoms with Gasteiger partial charge >= 0.3 is 0 Å². The molecule has 0 atom stereocenters. The first-order valence-corrected chi connectivity index (χ1v) is 11.2. The van der Waals surface area contributed by atoms with Crippen molar-refractivity contribution < 1.29 is 13.2 Å². The van der Waals surface area contributed by atoms with Crippen LogP contribution in [0, 0.1) is 20.8 Å². The highest BCUT2D eigenvalue weighted by Crippen LogP contribution is 2.26. The number of rotatable bonds is 7. The van der Waals surface area contributed by atoms with Crippen LogP contribution >= 0.6 is 0 Å². The van der Waals surface area contributed by atoms with E-state index >= 15 is 0 Å². The molecule has 0 aromatic heterocycles. The number of aryl methyl sites for hydroxylation is 3. The third kappa shape index (κ3) is 5.07. The Morgan fingerprint density at radius 1 is 0.967 bits per heavy atom. The molecule has 30 heavy (non-hydrogen) atoms. The molecule has 0 saturated heterocycles. The van der Waals surface area contributed by atoms with E-state index in [9.17, 15) is 8.42 Å². The molecule has 0 saturated carbocycles. The lowest BCUT2D eigenvalue weighted by molar-refractivity contribution is 0.340. The van der Waals surface area contributed by atoms with E-state index in [4.69, 9.17) is 4.74 Å². The summed E-state index contributed by atoms with van der Waals surface area (Å²) in [5, 5.41) is 0. The SMILES string of the molecule is CCOc1ccccc1C=Nc1ccc(S(=O)(=O)Nc2c(C)cc(C)cc2C)cc1. The summed E-state index contributed by atoms with van der Waals surface area (Å²) in [4.78, 5) is 4.63. The molecule has 0 amide bonds. The zero-order valence-electron chi connectivity index (χ0n) is 17.6. The van der Waals surface area contributed by atoms with Crippen LogP contribution in [0.2, 0.25) is 0 Å². The highest BCUT2D eigenvalue weighted by Gasteiger charge is 2.16. The molecule has 3 aromatic carbocycles. The van der Waals surface area contributed by atoms with Crippen molar-refractivity contribution in [1.82, 2.24) is 0 Å². The number of hydrogen-bond acceptors (Lipinski definition) is 4. The minimum Gasteiger partial charge on any atom is -0.493 e. The van der Waals surface area contributed by atoms with Crippen molar-refractivity contribution in [2.24, 2.45) is 4.99 Å². The third-order valence-electron chi connectivity index (χ3n) is 4.63. The number of sulfonamides is 1. The monoisotopic (exact) mass is 422 g/mol. The quantitative estimate of drug-likeness (QED) is 0.507. The zero-order chi connectivity index (χ0) is 21.7. The van der Waals surface area contributed by atoms with Crippen LogP contribution in [0.15, 0.2) is 70.6 Å². The van der Waals surface area contributed by atoms with E-state index in [-0.39, 0.29) is 4.90 Å². The summed E-state index contributed by atoms with van der Waals surface area (Å²) < 4.78 is 34.0. The number of anilines is 1. The lowest BCUT2D eigenvalue weighted by Crippen LogP contribution is -2.14. The number of hydrogen-bond donors (Lipinski definition) is 1. The predicted molar refractivity (Wildman–Crippen MR) is 123 cm³/mol. The Kier molecular flexibility index (Phi) is 6.57. The van der Waals surface area contributed by atoms with Gasteiger partial charge in [0, 0.05) is 11.8 Å². The maximum Gasteiger partial charge on any atom is 0.261 e. The molecule has 1 N–H and O–H groups in total. The molecule has 0 fully saturated rings. The second kappa shape index (κ2) is 9.13. The fraction of sp³-hybridized carbons (Fsp3) is 0.208. The number of nitrogens with zero attached hydrogens (tertiary/aromatic N) is 1. The summed E-state index contributed by atoms with van der Waals surface area (Å²) in [5.41, 5.74) is 5.03. The summed E-state index contributed by atoms with van der Waals surface area (Å²) in [7, 11) is -3.69. The number of nitrogens with one attached hydrogen (secondary N) is 1. The summed E-state index contributed by atoms with van der Waals surface area (Å²) >= 11 is 0. The molecule has 0 aliphatic carbocycles. The van der Waals surface area contributed by atoms with Crippen LogP contribution in [0.25, 0.3) is 0 Å². The average Bonchev–Trinajstić information content (AvgIpc) is 2.71. The van der Waals surface area contributed by atoms with Gasteiger partial charge in [0.15, 0.2) is 0 Å². The number of para-hydroxylation sites is 1. The van der Waals surface area contributed by atoms with Gasteiger partial charge in [-0.3, -0.25) is 9.71 Å². The first kappa shape index (κ1) is 21.6. The van der Waals surface area contributed by atoms with Crippen molar-refractivity contribution in [1.29, 1.82) is 0 Å². The standard InChI is InChI=1S/C24H26N2O3S/c1-5-29-23-9-7-6-8-20(23)16-25-21-10-12-22(13-11-21)30(27,28)26-24-18(3)14-17(2)15-19(24)4/h6-16,26H,5H2,1-4H3. The molecule has 5 nitrogen and oxygen atoms in total. The van der Waals surface area contributed by atoms with E-state index in [1.54, 1.807) is 30.5 Å². The van der Waals surface area contributed by atoms with Crippen LogP contribution < -0.4 is 9.46 Å². The lowest BCUT2D eigenvalue weighted by atomic mass is 10.1. The van der Waals surface area contributed by atoms with E-state index in [0.29, 0.717) is 18.0 Å². The Labute approximate surface area is 178 Å². The molecule has 0 spiro atoms.